The minimum atomic E-state index is -0.354. The Morgan fingerprint density at radius 1 is 1.59 bits per heavy atom. The zero-order valence-corrected chi connectivity index (χ0v) is 10.1. The molecular formula is C10H10ClN3O3. The molecule has 2 rings (SSSR count). The zero-order valence-electron chi connectivity index (χ0n) is 9.31. The van der Waals surface area contributed by atoms with Gasteiger partial charge in [0.2, 0.25) is 5.75 Å². The van der Waals surface area contributed by atoms with Gasteiger partial charge in [-0.2, -0.15) is 0 Å². The monoisotopic (exact) mass is 255 g/mol. The number of nitrogens with zero attached hydrogens (tertiary/aromatic N) is 3. The summed E-state index contributed by atoms with van der Waals surface area (Å²) in [7, 11) is 1.37. The van der Waals surface area contributed by atoms with Crippen LogP contribution in [0.25, 0.3) is 0 Å². The molecule has 0 spiro atoms. The van der Waals surface area contributed by atoms with Gasteiger partial charge in [-0.3, -0.25) is 9.36 Å². The Balaban J connectivity index is 2.37. The Morgan fingerprint density at radius 2 is 2.35 bits per heavy atom. The second-order valence-electron chi connectivity index (χ2n) is 3.43. The van der Waals surface area contributed by atoms with Crippen LogP contribution in [0.2, 0.25) is 5.15 Å². The maximum absolute atomic E-state index is 11.9. The molecule has 2 aromatic heterocycles. The van der Waals surface area contributed by atoms with Crippen LogP contribution in [0, 0.1) is 6.92 Å². The van der Waals surface area contributed by atoms with Gasteiger partial charge in [-0.1, -0.05) is 16.8 Å². The van der Waals surface area contributed by atoms with E-state index in [-0.39, 0.29) is 23.0 Å². The molecule has 2 aromatic rings. The Bertz CT molecular complexity index is 591. The molecule has 0 radical (unpaired) electrons. The third kappa shape index (κ3) is 2.31. The van der Waals surface area contributed by atoms with Crippen molar-refractivity contribution in [3.63, 3.8) is 0 Å². The van der Waals surface area contributed by atoms with E-state index < -0.39 is 0 Å². The van der Waals surface area contributed by atoms with Crippen molar-refractivity contribution in [1.29, 1.82) is 0 Å². The molecular weight excluding hydrogens is 246 g/mol. The number of hydrogen-bond donors (Lipinski definition) is 0. The molecule has 2 heterocycles. The normalized spacial score (nSPS) is 10.5. The average molecular weight is 256 g/mol. The number of halogens is 1. The van der Waals surface area contributed by atoms with Gasteiger partial charge < -0.3 is 9.26 Å². The predicted molar refractivity (Wildman–Crippen MR) is 60.4 cm³/mol. The highest BCUT2D eigenvalue weighted by atomic mass is 35.5. The molecule has 0 saturated heterocycles. The van der Waals surface area contributed by atoms with Crippen molar-refractivity contribution < 1.29 is 9.26 Å². The van der Waals surface area contributed by atoms with Crippen molar-refractivity contribution >= 4 is 11.6 Å². The number of rotatable bonds is 3. The predicted octanol–water partition coefficient (Wildman–Crippen LogP) is 1.25. The summed E-state index contributed by atoms with van der Waals surface area (Å²) in [6, 6.07) is 1.74. The molecule has 0 atom stereocenters. The van der Waals surface area contributed by atoms with Crippen molar-refractivity contribution in [2.24, 2.45) is 0 Å². The van der Waals surface area contributed by atoms with Gasteiger partial charge >= 0.3 is 0 Å². The van der Waals surface area contributed by atoms with E-state index in [1.165, 1.54) is 18.0 Å². The van der Waals surface area contributed by atoms with E-state index >= 15 is 0 Å². The van der Waals surface area contributed by atoms with Crippen molar-refractivity contribution in [1.82, 2.24) is 14.7 Å². The van der Waals surface area contributed by atoms with Gasteiger partial charge in [-0.15, -0.1) is 0 Å². The minimum Gasteiger partial charge on any atom is -0.489 e. The van der Waals surface area contributed by atoms with Crippen LogP contribution >= 0.6 is 11.6 Å². The highest BCUT2D eigenvalue weighted by Gasteiger charge is 2.11. The van der Waals surface area contributed by atoms with Gasteiger partial charge in [0.25, 0.3) is 5.56 Å². The number of ether oxygens (including phenoxy) is 1. The Kier molecular flexibility index (Phi) is 3.14. The number of aryl methyl sites for hydroxylation is 1. The summed E-state index contributed by atoms with van der Waals surface area (Å²) in [6.07, 6.45) is 1.34. The van der Waals surface area contributed by atoms with E-state index in [0.717, 1.165) is 0 Å². The molecule has 17 heavy (non-hydrogen) atoms. The zero-order chi connectivity index (χ0) is 12.4. The van der Waals surface area contributed by atoms with Crippen molar-refractivity contribution in [3.8, 4) is 5.75 Å². The molecule has 90 valence electrons. The van der Waals surface area contributed by atoms with Crippen LogP contribution < -0.4 is 10.3 Å². The molecule has 0 aliphatic carbocycles. The standard InChI is InChI=1S/C10H10ClN3O3/c1-6-3-7(13-17-6)4-14-5-12-9(11)8(16-2)10(14)15/h3,5H,4H2,1-2H3. The van der Waals surface area contributed by atoms with Gasteiger partial charge in [-0.25, -0.2) is 4.98 Å². The van der Waals surface area contributed by atoms with E-state index in [0.29, 0.717) is 11.5 Å². The number of hydrogen-bond acceptors (Lipinski definition) is 5. The molecule has 7 heteroatoms. The second kappa shape index (κ2) is 4.58. The molecule has 0 aliphatic rings. The maximum atomic E-state index is 11.9. The minimum absolute atomic E-state index is 0.0226. The van der Waals surface area contributed by atoms with Gasteiger partial charge in [0.05, 0.1) is 20.0 Å². The Morgan fingerprint density at radius 3 is 2.94 bits per heavy atom. The van der Waals surface area contributed by atoms with Crippen LogP contribution in [0.1, 0.15) is 11.5 Å². The van der Waals surface area contributed by atoms with Crippen LogP contribution in [0.15, 0.2) is 21.7 Å². The fraction of sp³-hybridized carbons (Fsp3) is 0.300. The van der Waals surface area contributed by atoms with E-state index in [4.69, 9.17) is 20.9 Å². The second-order valence-corrected chi connectivity index (χ2v) is 3.79. The summed E-state index contributed by atoms with van der Waals surface area (Å²) < 4.78 is 11.2. The van der Waals surface area contributed by atoms with Gasteiger partial charge in [0, 0.05) is 6.07 Å². The topological polar surface area (TPSA) is 70.2 Å². The lowest BCUT2D eigenvalue weighted by molar-refractivity contribution is 0.385. The van der Waals surface area contributed by atoms with E-state index in [1.54, 1.807) is 13.0 Å². The van der Waals surface area contributed by atoms with E-state index in [2.05, 4.69) is 10.1 Å². The van der Waals surface area contributed by atoms with Crippen molar-refractivity contribution in [3.05, 3.63) is 39.4 Å². The lowest BCUT2D eigenvalue weighted by Gasteiger charge is -2.05. The summed E-state index contributed by atoms with van der Waals surface area (Å²) in [6.45, 7) is 2.04. The van der Waals surface area contributed by atoms with Crippen LogP contribution in [-0.2, 0) is 6.54 Å². The summed E-state index contributed by atoms with van der Waals surface area (Å²) in [5.41, 5.74) is 0.281. The molecule has 0 saturated carbocycles. The maximum Gasteiger partial charge on any atom is 0.297 e. The van der Waals surface area contributed by atoms with Gasteiger partial charge in [0.15, 0.2) is 5.15 Å². The van der Waals surface area contributed by atoms with Gasteiger partial charge in [0.1, 0.15) is 11.5 Å². The average Bonchev–Trinajstić information content (AvgIpc) is 2.69. The Hall–Kier alpha value is -1.82. The first-order valence-corrected chi connectivity index (χ1v) is 5.20. The first-order chi connectivity index (χ1) is 8.11. The van der Waals surface area contributed by atoms with Crippen LogP contribution in [0.5, 0.6) is 5.75 Å². The molecule has 0 bridgehead atoms. The third-order valence-corrected chi connectivity index (χ3v) is 2.44. The SMILES string of the molecule is COc1c(Cl)ncn(Cc2cc(C)on2)c1=O. The quantitative estimate of drug-likeness (QED) is 0.772. The molecule has 0 amide bonds. The highest BCUT2D eigenvalue weighted by Crippen LogP contribution is 2.15. The highest BCUT2D eigenvalue weighted by molar-refractivity contribution is 6.30. The lowest BCUT2D eigenvalue weighted by atomic mass is 10.4. The number of aromatic nitrogens is 3. The Labute approximate surface area is 102 Å². The fourth-order valence-corrected chi connectivity index (χ4v) is 1.60. The molecule has 0 N–H and O–H groups in total. The first kappa shape index (κ1) is 11.7. The fourth-order valence-electron chi connectivity index (χ4n) is 1.40. The van der Waals surface area contributed by atoms with Crippen LogP contribution in [0.3, 0.4) is 0 Å². The van der Waals surface area contributed by atoms with Crippen molar-refractivity contribution in [2.75, 3.05) is 7.11 Å². The van der Waals surface area contributed by atoms with Crippen LogP contribution in [-0.4, -0.2) is 21.8 Å². The molecule has 0 fully saturated rings. The smallest absolute Gasteiger partial charge is 0.297 e. The van der Waals surface area contributed by atoms with Crippen LogP contribution in [0.4, 0.5) is 0 Å². The van der Waals surface area contributed by atoms with E-state index in [9.17, 15) is 4.79 Å². The molecule has 0 aromatic carbocycles. The molecule has 0 aliphatic heterocycles. The summed E-state index contributed by atoms with van der Waals surface area (Å²) in [5.74, 6) is 0.705. The summed E-state index contributed by atoms with van der Waals surface area (Å²) >= 11 is 5.73. The summed E-state index contributed by atoms with van der Waals surface area (Å²) in [4.78, 5) is 15.7. The van der Waals surface area contributed by atoms with Gasteiger partial charge in [-0.05, 0) is 6.92 Å². The summed E-state index contributed by atoms with van der Waals surface area (Å²) in [5, 5.41) is 3.84. The molecule has 0 unspecified atom stereocenters. The third-order valence-electron chi connectivity index (χ3n) is 2.17. The largest absolute Gasteiger partial charge is 0.489 e. The number of methoxy groups -OCH3 is 1. The van der Waals surface area contributed by atoms with E-state index in [1.807, 2.05) is 0 Å². The first-order valence-electron chi connectivity index (χ1n) is 4.83. The lowest BCUT2D eigenvalue weighted by Crippen LogP contribution is -2.22. The molecule has 6 nitrogen and oxygen atoms in total. The van der Waals surface area contributed by atoms with Crippen molar-refractivity contribution in [2.45, 2.75) is 13.5 Å².